The van der Waals surface area contributed by atoms with Crippen LogP contribution in [0, 0.1) is 0 Å². The van der Waals surface area contributed by atoms with Crippen LogP contribution in [-0.4, -0.2) is 105 Å². The maximum atomic E-state index is 8.17. The average Bonchev–Trinajstić information content (AvgIpc) is 2.50. The Morgan fingerprint density at radius 3 is 0.900 bits per heavy atom. The van der Waals surface area contributed by atoms with E-state index < -0.39 is 12.2 Å². The van der Waals surface area contributed by atoms with Crippen LogP contribution >= 0.6 is 0 Å². The van der Waals surface area contributed by atoms with Gasteiger partial charge in [0.1, 0.15) is 6.10 Å². The van der Waals surface area contributed by atoms with Crippen LogP contribution in [0.15, 0.2) is 0 Å². The van der Waals surface area contributed by atoms with Crippen molar-refractivity contribution in [3.63, 3.8) is 0 Å². The third-order valence-electron chi connectivity index (χ3n) is 0.786. The third-order valence-corrected chi connectivity index (χ3v) is 0.786. The Morgan fingerprint density at radius 1 is 0.700 bits per heavy atom. The van der Waals surface area contributed by atoms with Crippen LogP contribution in [0.1, 0.15) is 13.8 Å². The first kappa shape index (κ1) is 31.8. The van der Waals surface area contributed by atoms with Gasteiger partial charge in [-0.25, -0.2) is 0 Å². The van der Waals surface area contributed by atoms with E-state index in [0.717, 1.165) is 7.11 Å². The summed E-state index contributed by atoms with van der Waals surface area (Å²) in [6.45, 7) is 2.34. The molecule has 0 aliphatic heterocycles. The molecule has 0 aliphatic rings. The summed E-state index contributed by atoms with van der Waals surface area (Å²) in [6, 6.07) is 0. The second-order valence-electron chi connectivity index (χ2n) is 2.81. The number of aliphatic hydroxyl groups excluding tert-OH is 9. The van der Waals surface area contributed by atoms with Gasteiger partial charge in [-0.05, 0) is 13.8 Å². The summed E-state index contributed by atoms with van der Waals surface area (Å²) >= 11 is 0. The number of rotatable bonds is 4. The lowest BCUT2D eigenvalue weighted by molar-refractivity contribution is 0.0450. The molecule has 0 rings (SSSR count). The fourth-order valence-electron chi connectivity index (χ4n) is 0.0577. The number of hydrogen-bond donors (Lipinski definition) is 9. The van der Waals surface area contributed by atoms with E-state index in [-0.39, 0.29) is 39.6 Å². The third kappa shape index (κ3) is 111. The van der Waals surface area contributed by atoms with Gasteiger partial charge >= 0.3 is 0 Å². The van der Waals surface area contributed by atoms with Crippen molar-refractivity contribution in [2.45, 2.75) is 26.1 Å². The highest BCUT2D eigenvalue weighted by molar-refractivity contribution is 4.44. The maximum absolute atomic E-state index is 8.17. The van der Waals surface area contributed by atoms with Crippen molar-refractivity contribution in [2.24, 2.45) is 0 Å². The van der Waals surface area contributed by atoms with Gasteiger partial charge in [-0.3, -0.25) is 0 Å². The summed E-state index contributed by atoms with van der Waals surface area (Å²) in [5, 5.41) is 69.8. The Balaban J connectivity index is -0.0000000492. The zero-order valence-electron chi connectivity index (χ0n) is 12.4. The SMILES string of the molecule is CC(O)CO.CCO.CO.OCC(O)CO.OCCO. The van der Waals surface area contributed by atoms with Gasteiger partial charge in [0, 0.05) is 13.7 Å². The van der Waals surface area contributed by atoms with Crippen molar-refractivity contribution in [3.05, 3.63) is 0 Å². The molecular weight excluding hydrogens is 276 g/mol. The van der Waals surface area contributed by atoms with Crippen molar-refractivity contribution in [3.8, 4) is 0 Å². The van der Waals surface area contributed by atoms with E-state index in [2.05, 4.69) is 0 Å². The molecule has 0 aromatic carbocycles. The predicted octanol–water partition coefficient (Wildman–Crippen LogP) is -3.73. The van der Waals surface area contributed by atoms with Crippen LogP contribution in [0.2, 0.25) is 0 Å². The Kier molecular flexibility index (Phi) is 68.1. The molecule has 0 fully saturated rings. The molecule has 0 spiro atoms. The summed E-state index contributed by atoms with van der Waals surface area (Å²) in [7, 11) is 1.00. The van der Waals surface area contributed by atoms with E-state index in [0.29, 0.717) is 0 Å². The van der Waals surface area contributed by atoms with Gasteiger partial charge in [0.05, 0.1) is 39.1 Å². The second-order valence-corrected chi connectivity index (χ2v) is 2.81. The molecular formula is C11H32O9. The van der Waals surface area contributed by atoms with E-state index >= 15 is 0 Å². The number of aliphatic hydroxyl groups is 9. The second kappa shape index (κ2) is 42.8. The standard InChI is InChI=1S/C3H8O3.C3H8O2.C2H6O2.C2H6O.CH4O/c4-1-3(6)2-5;1-3(5)2-4;3-1-2-4;1-2-3;1-2/h3-6H,1-2H2;3-5H,2H2,1H3;3-4H,1-2H2;3H,2H2,1H3;2H,1H3. The molecule has 0 aliphatic carbocycles. The highest BCUT2D eigenvalue weighted by Gasteiger charge is 1.93. The van der Waals surface area contributed by atoms with Crippen LogP contribution in [0.4, 0.5) is 0 Å². The van der Waals surface area contributed by atoms with Crippen LogP contribution in [0.25, 0.3) is 0 Å². The van der Waals surface area contributed by atoms with Crippen molar-refractivity contribution >= 4 is 0 Å². The van der Waals surface area contributed by atoms with E-state index in [1.807, 2.05) is 0 Å². The highest BCUT2D eigenvalue weighted by Crippen LogP contribution is 1.71. The fraction of sp³-hybridized carbons (Fsp3) is 1.00. The summed E-state index contributed by atoms with van der Waals surface area (Å²) in [5.74, 6) is 0. The monoisotopic (exact) mass is 308 g/mol. The quantitative estimate of drug-likeness (QED) is 0.252. The van der Waals surface area contributed by atoms with Crippen LogP contribution < -0.4 is 0 Å². The first-order valence-electron chi connectivity index (χ1n) is 5.87. The van der Waals surface area contributed by atoms with Gasteiger partial charge in [0.15, 0.2) is 0 Å². The molecule has 0 amide bonds. The van der Waals surface area contributed by atoms with E-state index in [1.165, 1.54) is 6.92 Å². The first-order chi connectivity index (χ1) is 9.41. The topological polar surface area (TPSA) is 182 Å². The molecule has 0 saturated carbocycles. The van der Waals surface area contributed by atoms with Gasteiger partial charge in [-0.2, -0.15) is 0 Å². The Morgan fingerprint density at radius 2 is 0.900 bits per heavy atom. The fourth-order valence-corrected chi connectivity index (χ4v) is 0.0577. The van der Waals surface area contributed by atoms with E-state index in [4.69, 9.17) is 46.0 Å². The molecule has 1 unspecified atom stereocenters. The minimum atomic E-state index is -0.954. The van der Waals surface area contributed by atoms with Gasteiger partial charge in [-0.1, -0.05) is 0 Å². The molecule has 1 atom stereocenters. The zero-order valence-corrected chi connectivity index (χ0v) is 12.4. The molecule has 20 heavy (non-hydrogen) atoms. The normalized spacial score (nSPS) is 9.45. The molecule has 0 saturated heterocycles. The molecule has 0 heterocycles. The van der Waals surface area contributed by atoms with Crippen molar-refractivity contribution < 1.29 is 46.0 Å². The predicted molar refractivity (Wildman–Crippen MR) is 74.0 cm³/mol. The van der Waals surface area contributed by atoms with Crippen LogP contribution in [0.3, 0.4) is 0 Å². The van der Waals surface area contributed by atoms with Gasteiger partial charge in [-0.15, -0.1) is 0 Å². The molecule has 0 bridgehead atoms. The minimum Gasteiger partial charge on any atom is -0.400 e. The maximum Gasteiger partial charge on any atom is 0.100 e. The summed E-state index contributed by atoms with van der Waals surface area (Å²) in [4.78, 5) is 0. The molecule has 130 valence electrons. The Bertz CT molecular complexity index is 97.9. The summed E-state index contributed by atoms with van der Waals surface area (Å²) in [6.07, 6.45) is -1.51. The molecule has 9 heteroatoms. The first-order valence-corrected chi connectivity index (χ1v) is 5.87. The molecule has 9 nitrogen and oxygen atoms in total. The highest BCUT2D eigenvalue weighted by atomic mass is 16.3. The van der Waals surface area contributed by atoms with Gasteiger partial charge in [0.25, 0.3) is 0 Å². The van der Waals surface area contributed by atoms with E-state index in [1.54, 1.807) is 6.92 Å². The Labute approximate surface area is 120 Å². The molecule has 0 radical (unpaired) electrons. The van der Waals surface area contributed by atoms with Crippen LogP contribution in [-0.2, 0) is 0 Å². The Hall–Kier alpha value is -0.360. The van der Waals surface area contributed by atoms with Crippen LogP contribution in [0.5, 0.6) is 0 Å². The lowest BCUT2D eigenvalue weighted by Crippen LogP contribution is -2.15. The molecule has 0 aromatic rings. The summed E-state index contributed by atoms with van der Waals surface area (Å²) in [5.41, 5.74) is 0. The van der Waals surface area contributed by atoms with Gasteiger partial charge < -0.3 is 46.0 Å². The lowest BCUT2D eigenvalue weighted by Gasteiger charge is -1.96. The average molecular weight is 308 g/mol. The van der Waals surface area contributed by atoms with Gasteiger partial charge in [0.2, 0.25) is 0 Å². The molecule has 9 N–H and O–H groups in total. The summed E-state index contributed by atoms with van der Waals surface area (Å²) < 4.78 is 0. The lowest BCUT2D eigenvalue weighted by atomic mass is 10.4. The van der Waals surface area contributed by atoms with Crippen molar-refractivity contribution in [1.82, 2.24) is 0 Å². The smallest absolute Gasteiger partial charge is 0.100 e. The van der Waals surface area contributed by atoms with Crippen molar-refractivity contribution in [1.29, 1.82) is 0 Å². The largest absolute Gasteiger partial charge is 0.400 e. The van der Waals surface area contributed by atoms with Crippen molar-refractivity contribution in [2.75, 3.05) is 46.8 Å². The zero-order chi connectivity index (χ0) is 17.4. The molecule has 0 aromatic heterocycles. The number of hydrogen-bond acceptors (Lipinski definition) is 9. The van der Waals surface area contributed by atoms with E-state index in [9.17, 15) is 0 Å². The minimum absolute atomic E-state index is 0.125.